The van der Waals surface area contributed by atoms with Crippen LogP contribution in [0.4, 0.5) is 0 Å². The van der Waals surface area contributed by atoms with Crippen LogP contribution in [0.5, 0.6) is 11.5 Å². The van der Waals surface area contributed by atoms with Crippen LogP contribution in [0.25, 0.3) is 0 Å². The molecular weight excluding hydrogens is 280 g/mol. The number of piperazine rings is 1. The number of methoxy groups -OCH3 is 1. The molecule has 2 aliphatic heterocycles. The monoisotopic (exact) mass is 306 g/mol. The lowest BCUT2D eigenvalue weighted by Gasteiger charge is -2.27. The van der Waals surface area contributed by atoms with Crippen molar-refractivity contribution in [2.45, 2.75) is 18.9 Å². The second-order valence-electron chi connectivity index (χ2n) is 5.93. The third kappa shape index (κ3) is 4.12. The van der Waals surface area contributed by atoms with Gasteiger partial charge in [0.2, 0.25) is 0 Å². The molecule has 2 heterocycles. The fourth-order valence-electron chi connectivity index (χ4n) is 2.98. The molecule has 0 aromatic heterocycles. The average Bonchev–Trinajstić information content (AvgIpc) is 3.07. The Morgan fingerprint density at radius 2 is 2.14 bits per heavy atom. The zero-order valence-electron chi connectivity index (χ0n) is 13.3. The molecular formula is C17H26N2O3. The zero-order valence-corrected chi connectivity index (χ0v) is 13.3. The van der Waals surface area contributed by atoms with Crippen LogP contribution in [-0.4, -0.2) is 64.1 Å². The van der Waals surface area contributed by atoms with E-state index in [2.05, 4.69) is 22.3 Å². The Hall–Kier alpha value is -1.30. The van der Waals surface area contributed by atoms with E-state index in [-0.39, 0.29) is 6.10 Å². The summed E-state index contributed by atoms with van der Waals surface area (Å²) in [7, 11) is 1.69. The predicted molar refractivity (Wildman–Crippen MR) is 85.9 cm³/mol. The summed E-state index contributed by atoms with van der Waals surface area (Å²) in [6, 6.07) is 6.27. The van der Waals surface area contributed by atoms with E-state index in [1.165, 1.54) is 5.56 Å². The van der Waals surface area contributed by atoms with Crippen LogP contribution in [0.2, 0.25) is 0 Å². The molecule has 5 nitrogen and oxygen atoms in total. The quantitative estimate of drug-likeness (QED) is 0.858. The third-order valence-electron chi connectivity index (χ3n) is 4.34. The van der Waals surface area contributed by atoms with Crippen molar-refractivity contribution in [2.75, 3.05) is 53.0 Å². The van der Waals surface area contributed by atoms with Gasteiger partial charge >= 0.3 is 0 Å². The molecule has 0 radical (unpaired) electrons. The fourth-order valence-corrected chi connectivity index (χ4v) is 2.98. The fraction of sp³-hybridized carbons (Fsp3) is 0.647. The molecule has 1 atom stereocenters. The molecule has 1 unspecified atom stereocenters. The van der Waals surface area contributed by atoms with Crippen molar-refractivity contribution < 1.29 is 14.2 Å². The summed E-state index contributed by atoms with van der Waals surface area (Å²) in [4.78, 5) is 2.51. The van der Waals surface area contributed by atoms with Crippen molar-refractivity contribution in [3.8, 4) is 11.5 Å². The molecule has 0 amide bonds. The van der Waals surface area contributed by atoms with Crippen LogP contribution in [0.15, 0.2) is 18.2 Å². The number of rotatable bonds is 6. The van der Waals surface area contributed by atoms with Crippen molar-refractivity contribution in [3.05, 3.63) is 23.8 Å². The number of nitrogens with one attached hydrogen (secondary N) is 1. The van der Waals surface area contributed by atoms with E-state index >= 15 is 0 Å². The van der Waals surface area contributed by atoms with Gasteiger partial charge in [-0.25, -0.2) is 0 Å². The number of benzene rings is 1. The Balaban J connectivity index is 1.60. The highest BCUT2D eigenvalue weighted by molar-refractivity contribution is 5.43. The minimum atomic E-state index is 0.150. The number of nitrogens with zero attached hydrogens (tertiary/aromatic N) is 1. The van der Waals surface area contributed by atoms with Crippen LogP contribution >= 0.6 is 0 Å². The van der Waals surface area contributed by atoms with Gasteiger partial charge in [0.05, 0.1) is 20.3 Å². The van der Waals surface area contributed by atoms with Gasteiger partial charge in [0.1, 0.15) is 6.10 Å². The van der Waals surface area contributed by atoms with E-state index < -0.39 is 0 Å². The number of ether oxygens (including phenoxy) is 3. The van der Waals surface area contributed by atoms with E-state index in [1.54, 1.807) is 7.11 Å². The average molecular weight is 306 g/mol. The molecule has 1 aromatic carbocycles. The Bertz CT molecular complexity index is 469. The molecule has 122 valence electrons. The van der Waals surface area contributed by atoms with Crippen molar-refractivity contribution in [1.29, 1.82) is 0 Å². The standard InChI is InChI=1S/C17H26N2O3/c1-20-16-3-2-14(4-8-19-9-6-18-7-10-19)12-17(16)22-15-5-11-21-13-15/h2-3,12,15,18H,4-11,13H2,1H3. The molecule has 0 aliphatic carbocycles. The molecule has 1 aromatic rings. The first kappa shape index (κ1) is 15.6. The maximum Gasteiger partial charge on any atom is 0.161 e. The van der Waals surface area contributed by atoms with Gasteiger partial charge in [0.15, 0.2) is 11.5 Å². The summed E-state index contributed by atoms with van der Waals surface area (Å²) < 4.78 is 16.9. The van der Waals surface area contributed by atoms with Crippen LogP contribution in [0.1, 0.15) is 12.0 Å². The van der Waals surface area contributed by atoms with Crippen LogP contribution in [0, 0.1) is 0 Å². The van der Waals surface area contributed by atoms with E-state index in [1.807, 2.05) is 6.07 Å². The van der Waals surface area contributed by atoms with Crippen molar-refractivity contribution in [3.63, 3.8) is 0 Å². The lowest BCUT2D eigenvalue weighted by molar-refractivity contribution is 0.138. The normalized spacial score (nSPS) is 22.7. The topological polar surface area (TPSA) is 43.0 Å². The van der Waals surface area contributed by atoms with Gasteiger partial charge < -0.3 is 24.4 Å². The van der Waals surface area contributed by atoms with Gasteiger partial charge in [0.25, 0.3) is 0 Å². The van der Waals surface area contributed by atoms with Gasteiger partial charge in [-0.1, -0.05) is 6.07 Å². The van der Waals surface area contributed by atoms with E-state index in [0.717, 1.165) is 63.7 Å². The Kier molecular flexibility index (Phi) is 5.53. The molecule has 3 rings (SSSR count). The van der Waals surface area contributed by atoms with Gasteiger partial charge in [-0.05, 0) is 24.1 Å². The third-order valence-corrected chi connectivity index (χ3v) is 4.34. The van der Waals surface area contributed by atoms with Crippen molar-refractivity contribution in [1.82, 2.24) is 10.2 Å². The van der Waals surface area contributed by atoms with Crippen LogP contribution < -0.4 is 14.8 Å². The zero-order chi connectivity index (χ0) is 15.2. The molecule has 0 spiro atoms. The molecule has 2 aliphatic rings. The summed E-state index contributed by atoms with van der Waals surface area (Å²) in [5, 5.41) is 3.39. The van der Waals surface area contributed by atoms with E-state index in [4.69, 9.17) is 14.2 Å². The molecule has 2 saturated heterocycles. The van der Waals surface area contributed by atoms with Gasteiger partial charge in [-0.15, -0.1) is 0 Å². The second-order valence-corrected chi connectivity index (χ2v) is 5.93. The first-order chi connectivity index (χ1) is 10.8. The van der Waals surface area contributed by atoms with Gasteiger partial charge in [-0.3, -0.25) is 0 Å². The largest absolute Gasteiger partial charge is 0.493 e. The molecule has 22 heavy (non-hydrogen) atoms. The lowest BCUT2D eigenvalue weighted by atomic mass is 10.1. The van der Waals surface area contributed by atoms with Crippen molar-refractivity contribution >= 4 is 0 Å². The summed E-state index contributed by atoms with van der Waals surface area (Å²) in [5.41, 5.74) is 1.30. The van der Waals surface area contributed by atoms with Crippen molar-refractivity contribution in [2.24, 2.45) is 0 Å². The Labute approximate surface area is 132 Å². The molecule has 1 N–H and O–H groups in total. The van der Waals surface area contributed by atoms with Crippen LogP contribution in [-0.2, 0) is 11.2 Å². The smallest absolute Gasteiger partial charge is 0.161 e. The highest BCUT2D eigenvalue weighted by Gasteiger charge is 2.19. The summed E-state index contributed by atoms with van der Waals surface area (Å²) in [5.74, 6) is 1.65. The maximum absolute atomic E-state index is 6.06. The number of hydrogen-bond acceptors (Lipinski definition) is 5. The second kappa shape index (κ2) is 7.81. The first-order valence-electron chi connectivity index (χ1n) is 8.19. The van der Waals surface area contributed by atoms with E-state index in [0.29, 0.717) is 6.61 Å². The highest BCUT2D eigenvalue weighted by Crippen LogP contribution is 2.30. The number of hydrogen-bond donors (Lipinski definition) is 1. The minimum Gasteiger partial charge on any atom is -0.493 e. The Morgan fingerprint density at radius 3 is 2.86 bits per heavy atom. The maximum atomic E-state index is 6.06. The summed E-state index contributed by atoms with van der Waals surface area (Å²) in [6.07, 6.45) is 2.15. The summed E-state index contributed by atoms with van der Waals surface area (Å²) >= 11 is 0. The first-order valence-corrected chi connectivity index (χ1v) is 8.19. The van der Waals surface area contributed by atoms with Gasteiger partial charge in [0, 0.05) is 39.1 Å². The predicted octanol–water partition coefficient (Wildman–Crippen LogP) is 1.31. The highest BCUT2D eigenvalue weighted by atomic mass is 16.6. The van der Waals surface area contributed by atoms with E-state index in [9.17, 15) is 0 Å². The lowest BCUT2D eigenvalue weighted by Crippen LogP contribution is -2.44. The molecule has 0 bridgehead atoms. The Morgan fingerprint density at radius 1 is 1.27 bits per heavy atom. The molecule has 2 fully saturated rings. The summed E-state index contributed by atoms with van der Waals surface area (Å²) in [6.45, 7) is 7.03. The molecule has 5 heteroatoms. The minimum absolute atomic E-state index is 0.150. The van der Waals surface area contributed by atoms with Gasteiger partial charge in [-0.2, -0.15) is 0 Å². The van der Waals surface area contributed by atoms with Crippen LogP contribution in [0.3, 0.4) is 0 Å². The molecule has 0 saturated carbocycles. The SMILES string of the molecule is COc1ccc(CCN2CCNCC2)cc1OC1CCOC1.